The van der Waals surface area contributed by atoms with Crippen molar-refractivity contribution in [2.24, 2.45) is 80.8 Å². The zero-order chi connectivity index (χ0) is 71.4. The number of hydrogen-bond donors (Lipinski definition) is 0. The molecule has 0 radical (unpaired) electrons. The summed E-state index contributed by atoms with van der Waals surface area (Å²) >= 11 is 0. The first-order valence-electron chi connectivity index (χ1n) is 40.9. The summed E-state index contributed by atoms with van der Waals surface area (Å²) in [6, 6.07) is -1.25. The van der Waals surface area contributed by atoms with Crippen LogP contribution < -0.4 is 0 Å². The molecule has 0 aromatic heterocycles. The quantitative estimate of drug-likeness (QED) is 0.116. The number of rotatable bonds is 18. The number of carbonyl (C=O) groups excluding carboxylic acids is 10. The fraction of sp³-hybridized carbons (Fsp3) is 0.878. The van der Waals surface area contributed by atoms with Crippen LogP contribution in [0.3, 0.4) is 0 Å². The third-order valence-electron chi connectivity index (χ3n) is 28.3. The number of amides is 2. The first-order valence-corrected chi connectivity index (χ1v) is 44.4. The Balaban J connectivity index is 0.000000202. The highest BCUT2D eigenvalue weighted by Gasteiger charge is 2.71. The summed E-state index contributed by atoms with van der Waals surface area (Å²) in [7, 11) is -6.54. The highest BCUT2D eigenvalue weighted by atomic mass is 32.2. The summed E-state index contributed by atoms with van der Waals surface area (Å²) in [4.78, 5) is 143. The van der Waals surface area contributed by atoms with Crippen molar-refractivity contribution in [2.45, 2.75) is 346 Å². The van der Waals surface area contributed by atoms with Gasteiger partial charge in [0.25, 0.3) is 0 Å². The third kappa shape index (κ3) is 18.2. The minimum atomic E-state index is -3.27. The fourth-order valence-corrected chi connectivity index (χ4v) is 26.9. The maximum Gasteiger partial charge on any atom is 0.226 e. The molecule has 0 aromatic rings. The van der Waals surface area contributed by atoms with Crippen molar-refractivity contribution < 1.29 is 64.8 Å². The van der Waals surface area contributed by atoms with Gasteiger partial charge >= 0.3 is 0 Å². The Kier molecular flexibility index (Phi) is 25.4. The molecule has 560 valence electrons. The van der Waals surface area contributed by atoms with E-state index in [1.807, 2.05) is 0 Å². The first-order chi connectivity index (χ1) is 47.7. The van der Waals surface area contributed by atoms with Gasteiger partial charge in [-0.15, -0.1) is 0 Å². The van der Waals surface area contributed by atoms with E-state index in [1.54, 1.807) is 9.80 Å². The normalized spacial score (nSPS) is 34.7. The topological polar surface area (TPSA) is 245 Å². The van der Waals surface area contributed by atoms with Crippen LogP contribution >= 0.6 is 0 Å². The zero-order valence-corrected chi connectivity index (χ0v) is 63.5. The van der Waals surface area contributed by atoms with Crippen molar-refractivity contribution >= 4 is 77.8 Å². The highest BCUT2D eigenvalue weighted by molar-refractivity contribution is 7.92. The Hall–Kier alpha value is -3.80. The van der Waals surface area contributed by atoms with Crippen molar-refractivity contribution in [2.75, 3.05) is 24.6 Å². The van der Waals surface area contributed by atoms with Crippen LogP contribution in [0.5, 0.6) is 0 Å². The van der Waals surface area contributed by atoms with E-state index in [0.29, 0.717) is 89.1 Å². The minimum Gasteiger partial charge on any atom is -0.332 e. The van der Waals surface area contributed by atoms with Crippen LogP contribution in [0, 0.1) is 80.8 Å². The molecule has 0 N–H and O–H groups in total. The van der Waals surface area contributed by atoms with Gasteiger partial charge < -0.3 is 9.80 Å². The molecular weight excluding hydrogens is 1300 g/mol. The third-order valence-corrected chi connectivity index (χ3v) is 33.3. The van der Waals surface area contributed by atoms with E-state index >= 15 is 0 Å². The molecule has 6 saturated carbocycles. The van der Waals surface area contributed by atoms with Crippen LogP contribution in [0.25, 0.3) is 0 Å². The molecule has 12 atom stereocenters. The number of sulfone groups is 2. The van der Waals surface area contributed by atoms with Gasteiger partial charge in [-0.3, -0.25) is 47.9 Å². The van der Waals surface area contributed by atoms with Crippen LogP contribution in [-0.4, -0.2) is 132 Å². The molecule has 6 heterocycles. The summed E-state index contributed by atoms with van der Waals surface area (Å²) in [6.07, 6.45) is 34.2. The zero-order valence-electron chi connectivity index (χ0n) is 61.9. The molecule has 2 amide bonds. The molecule has 12 aliphatic rings. The summed E-state index contributed by atoms with van der Waals surface area (Å²) in [5.74, 6) is -2.76. The Morgan fingerprint density at radius 2 is 0.690 bits per heavy atom. The molecule has 6 aliphatic heterocycles. The van der Waals surface area contributed by atoms with Crippen LogP contribution in [0.15, 0.2) is 0 Å². The van der Waals surface area contributed by atoms with Gasteiger partial charge in [0.2, 0.25) is 23.4 Å². The van der Waals surface area contributed by atoms with Crippen molar-refractivity contribution in [1.29, 1.82) is 0 Å². The molecule has 0 unspecified atom stereocenters. The molecule has 16 nitrogen and oxygen atoms in total. The van der Waals surface area contributed by atoms with Crippen molar-refractivity contribution in [3.05, 3.63) is 0 Å². The lowest BCUT2D eigenvalue weighted by molar-refractivity contribution is -0.146. The predicted molar refractivity (Wildman–Crippen MR) is 386 cm³/mol. The smallest absolute Gasteiger partial charge is 0.226 e. The highest BCUT2D eigenvalue weighted by Crippen LogP contribution is 2.67. The molecule has 0 aromatic carbocycles. The van der Waals surface area contributed by atoms with Gasteiger partial charge in [-0.2, -0.15) is 0 Å². The van der Waals surface area contributed by atoms with Gasteiger partial charge in [-0.25, -0.2) is 16.8 Å². The first kappa shape index (κ1) is 77.3. The Morgan fingerprint density at radius 1 is 0.380 bits per heavy atom. The molecule has 12 rings (SSSR count). The molecule has 12 fully saturated rings. The molecule has 100 heavy (non-hydrogen) atoms. The summed E-state index contributed by atoms with van der Waals surface area (Å²) < 4.78 is 53.5. The van der Waals surface area contributed by atoms with E-state index in [-0.39, 0.29) is 131 Å². The lowest BCUT2D eigenvalue weighted by Crippen LogP contribution is -2.49. The van der Waals surface area contributed by atoms with Gasteiger partial charge in [0.1, 0.15) is 11.6 Å². The minimum absolute atomic E-state index is 0.00493. The van der Waals surface area contributed by atoms with E-state index in [2.05, 4.69) is 27.7 Å². The lowest BCUT2D eigenvalue weighted by Gasteiger charge is -2.44. The van der Waals surface area contributed by atoms with Crippen molar-refractivity contribution in [1.82, 2.24) is 9.80 Å². The molecular formula is C82H126N2O14S2. The second-order valence-electron chi connectivity index (χ2n) is 36.3. The Bertz CT molecular complexity index is 3030. The van der Waals surface area contributed by atoms with Crippen molar-refractivity contribution in [3.8, 4) is 0 Å². The second-order valence-corrected chi connectivity index (χ2v) is 40.9. The molecule has 18 heteroatoms. The van der Waals surface area contributed by atoms with E-state index in [9.17, 15) is 64.8 Å². The number of ketones is 8. The number of piperidine rings is 2. The van der Waals surface area contributed by atoms with Crippen LogP contribution in [-0.2, 0) is 67.6 Å². The fourth-order valence-electron chi connectivity index (χ4n) is 21.9. The van der Waals surface area contributed by atoms with Crippen molar-refractivity contribution in [3.63, 3.8) is 0 Å². The number of fused-ring (bicyclic) bond motifs is 6. The molecule has 0 bridgehead atoms. The lowest BCUT2D eigenvalue weighted by atomic mass is 9.67. The SMILES string of the molecule is CC1(C)[C@@H]2[C@H]3C(=O)C[C@H](C(=O)C(=O)CC4CC4)CCCCCCCCC[C@H](CC(=O)CC4([C@@H]5CCCCS5(=O)=O)CCCCC4)C(=O)N3C[C@@H]21.CC1(C)[C@@H]2[C@H]3C(=O)C[C@H](C(=O)C(=O)CC4CC4)CCCCCCCCC[C@H](CC(=O)CC4([C@H]5CCCCS5(=O)=O)CCCCC4)C(=O)N3C[C@@H]21. The summed E-state index contributed by atoms with van der Waals surface area (Å²) in [5.41, 5.74) is -1.23. The largest absolute Gasteiger partial charge is 0.332 e. The van der Waals surface area contributed by atoms with Crippen LogP contribution in [0.4, 0.5) is 0 Å². The molecule has 6 aliphatic carbocycles. The van der Waals surface area contributed by atoms with Crippen LogP contribution in [0.2, 0.25) is 0 Å². The van der Waals surface area contributed by atoms with Gasteiger partial charge in [-0.05, 0) is 160 Å². The summed E-state index contributed by atoms with van der Waals surface area (Å²) in [6.45, 7) is 9.59. The van der Waals surface area contributed by atoms with E-state index in [0.717, 1.165) is 193 Å². The van der Waals surface area contributed by atoms with E-state index in [1.165, 1.54) is 0 Å². The number of nitrogens with zero attached hydrogens (tertiary/aromatic N) is 2. The molecule has 6 saturated heterocycles. The average molecular weight is 1430 g/mol. The Labute approximate surface area is 600 Å². The predicted octanol–water partition coefficient (Wildman–Crippen LogP) is 14.8. The van der Waals surface area contributed by atoms with Gasteiger partial charge in [0.05, 0.1) is 34.1 Å². The van der Waals surface area contributed by atoms with E-state index in [4.69, 9.17) is 0 Å². The van der Waals surface area contributed by atoms with Gasteiger partial charge in [0.15, 0.2) is 42.8 Å². The molecule has 0 spiro atoms. The standard InChI is InChI=1S/2C41H63NO7S/c2*1-40(2)32-27-42-37(36(32)40)33(44)25-29(38(46)34(45)23-28-18-19-28)15-9-6-4-3-5-7-10-16-30(39(42)47)24-31(43)26-41(20-12-8-13-21-41)35-17-11-14-22-50(35,48)49/h2*28-30,32,35-37H,3-27H2,1-2H3/t29-,30-,32+,35+,36+,37-;29-,30-,32+,35-,36+,37-/m11/s1. The maximum absolute atomic E-state index is 14.6. The number of Topliss-reactive ketones (excluding diaryl/α,β-unsaturated/α-hetero) is 8. The van der Waals surface area contributed by atoms with E-state index < -0.39 is 88.3 Å². The van der Waals surface area contributed by atoms with Gasteiger partial charge in [-0.1, -0.05) is 169 Å². The average Bonchev–Trinajstić information content (AvgIpc) is 1.53. The van der Waals surface area contributed by atoms with Gasteiger partial charge in [0, 0.05) is 88.1 Å². The second kappa shape index (κ2) is 32.9. The monoisotopic (exact) mass is 1430 g/mol. The Morgan fingerprint density at radius 3 is 1.02 bits per heavy atom. The number of carbonyl (C=O) groups is 10. The van der Waals surface area contributed by atoms with Crippen LogP contribution in [0.1, 0.15) is 323 Å². The summed E-state index contributed by atoms with van der Waals surface area (Å²) in [5, 5.41) is -0.940. The maximum atomic E-state index is 14.6. The number of hydrogen-bond acceptors (Lipinski definition) is 14.